The number of benzene rings is 2. The van der Waals surface area contributed by atoms with E-state index >= 15 is 0 Å². The first-order chi connectivity index (χ1) is 15.0. The second kappa shape index (κ2) is 7.40. The van der Waals surface area contributed by atoms with E-state index in [-0.39, 0.29) is 11.9 Å². The molecular formula is C25H20N2O4. The molecule has 2 aliphatic heterocycles. The molecule has 6 nitrogen and oxygen atoms in total. The molecule has 0 atom stereocenters. The molecule has 0 bridgehead atoms. The number of carbonyl (C=O) groups is 2. The minimum atomic E-state index is -0.318. The first-order valence-electron chi connectivity index (χ1n) is 10.1. The van der Waals surface area contributed by atoms with Crippen molar-refractivity contribution in [2.75, 3.05) is 5.01 Å². The fourth-order valence-electron chi connectivity index (χ4n) is 3.73. The summed E-state index contributed by atoms with van der Waals surface area (Å²) in [6.45, 7) is 4.20. The van der Waals surface area contributed by atoms with Crippen LogP contribution in [0, 0.1) is 0 Å². The zero-order valence-electron chi connectivity index (χ0n) is 17.2. The van der Waals surface area contributed by atoms with E-state index in [2.05, 4.69) is 12.0 Å². The number of rotatable bonds is 4. The molecule has 6 heteroatoms. The van der Waals surface area contributed by atoms with Gasteiger partial charge in [0.2, 0.25) is 0 Å². The molecule has 3 aromatic rings. The van der Waals surface area contributed by atoms with Gasteiger partial charge in [0.05, 0.1) is 22.5 Å². The van der Waals surface area contributed by atoms with Gasteiger partial charge in [-0.1, -0.05) is 31.2 Å². The van der Waals surface area contributed by atoms with Crippen LogP contribution in [-0.4, -0.2) is 17.6 Å². The number of nitrogens with zero attached hydrogens (tertiary/aromatic N) is 2. The Hall–Kier alpha value is -3.93. The number of carbonyl (C=O) groups excluding carboxylic acids is 2. The molecule has 1 amide bonds. The summed E-state index contributed by atoms with van der Waals surface area (Å²) < 4.78 is 11.0. The van der Waals surface area contributed by atoms with Crippen LogP contribution < -0.4 is 5.01 Å². The molecule has 0 N–H and O–H groups in total. The monoisotopic (exact) mass is 412 g/mol. The molecule has 2 aromatic carbocycles. The van der Waals surface area contributed by atoms with Gasteiger partial charge >= 0.3 is 5.97 Å². The highest BCUT2D eigenvalue weighted by atomic mass is 16.5. The van der Waals surface area contributed by atoms with E-state index in [0.717, 1.165) is 23.2 Å². The molecule has 0 fully saturated rings. The van der Waals surface area contributed by atoms with Gasteiger partial charge in [-0.3, -0.25) is 4.79 Å². The van der Waals surface area contributed by atoms with E-state index in [0.29, 0.717) is 35.0 Å². The minimum absolute atomic E-state index is 0.194. The maximum atomic E-state index is 13.0. The van der Waals surface area contributed by atoms with E-state index in [1.807, 2.05) is 42.5 Å². The summed E-state index contributed by atoms with van der Waals surface area (Å²) in [6, 6.07) is 17.0. The fraction of sp³-hybridized carbons (Fsp3) is 0.160. The highest BCUT2D eigenvalue weighted by Crippen LogP contribution is 2.30. The molecule has 0 aliphatic carbocycles. The van der Waals surface area contributed by atoms with Crippen LogP contribution in [-0.2, 0) is 22.6 Å². The number of aryl methyl sites for hydroxylation is 1. The Morgan fingerprint density at radius 1 is 1.06 bits per heavy atom. The first kappa shape index (κ1) is 19.1. The van der Waals surface area contributed by atoms with Gasteiger partial charge in [0, 0.05) is 11.1 Å². The second-order valence-electron chi connectivity index (χ2n) is 7.53. The third-order valence-electron chi connectivity index (χ3n) is 5.54. The lowest BCUT2D eigenvalue weighted by atomic mass is 10.0. The van der Waals surface area contributed by atoms with Crippen molar-refractivity contribution in [2.24, 2.45) is 5.10 Å². The van der Waals surface area contributed by atoms with Crippen molar-refractivity contribution in [1.82, 2.24) is 0 Å². The quantitative estimate of drug-likeness (QED) is 0.447. The number of fused-ring (bicyclic) bond motifs is 1. The van der Waals surface area contributed by atoms with Crippen LogP contribution in [0.1, 0.15) is 41.1 Å². The van der Waals surface area contributed by atoms with Crippen LogP contribution in [0.15, 0.2) is 69.7 Å². The molecular weight excluding hydrogens is 392 g/mol. The molecule has 3 heterocycles. The van der Waals surface area contributed by atoms with Crippen LogP contribution in [0.2, 0.25) is 0 Å². The Labute approximate surface area is 179 Å². The maximum absolute atomic E-state index is 13.0. The molecule has 2 aliphatic rings. The fourth-order valence-corrected chi connectivity index (χ4v) is 3.73. The van der Waals surface area contributed by atoms with Gasteiger partial charge in [-0.05, 0) is 55.3 Å². The normalized spacial score (nSPS) is 16.6. The van der Waals surface area contributed by atoms with Crippen LogP contribution >= 0.6 is 0 Å². The summed E-state index contributed by atoms with van der Waals surface area (Å²) >= 11 is 0. The van der Waals surface area contributed by atoms with Gasteiger partial charge in [-0.2, -0.15) is 10.1 Å². The summed E-state index contributed by atoms with van der Waals surface area (Å²) in [7, 11) is 0. The Morgan fingerprint density at radius 2 is 1.87 bits per heavy atom. The predicted octanol–water partition coefficient (Wildman–Crippen LogP) is 4.99. The third kappa shape index (κ3) is 3.36. The van der Waals surface area contributed by atoms with Gasteiger partial charge in [0.1, 0.15) is 18.1 Å². The van der Waals surface area contributed by atoms with Gasteiger partial charge in [0.15, 0.2) is 0 Å². The number of hydrogen-bond acceptors (Lipinski definition) is 5. The number of amides is 1. The highest BCUT2D eigenvalue weighted by Gasteiger charge is 2.29. The van der Waals surface area contributed by atoms with Crippen molar-refractivity contribution in [2.45, 2.75) is 26.9 Å². The lowest BCUT2D eigenvalue weighted by Gasteiger charge is -2.12. The van der Waals surface area contributed by atoms with Crippen LogP contribution in [0.25, 0.3) is 17.4 Å². The van der Waals surface area contributed by atoms with E-state index in [1.165, 1.54) is 10.6 Å². The number of ether oxygens (including phenoxy) is 1. The molecule has 154 valence electrons. The molecule has 0 saturated carbocycles. The van der Waals surface area contributed by atoms with Gasteiger partial charge in [-0.25, -0.2) is 4.79 Å². The van der Waals surface area contributed by atoms with Crippen molar-refractivity contribution in [3.63, 3.8) is 0 Å². The lowest BCUT2D eigenvalue weighted by Crippen LogP contribution is -2.21. The molecule has 0 saturated heterocycles. The number of furan rings is 1. The number of anilines is 1. The van der Waals surface area contributed by atoms with E-state index < -0.39 is 0 Å². The van der Waals surface area contributed by atoms with E-state index in [9.17, 15) is 9.59 Å². The Kier molecular flexibility index (Phi) is 4.55. The van der Waals surface area contributed by atoms with Crippen molar-refractivity contribution < 1.29 is 18.7 Å². The average Bonchev–Trinajstić information content (AvgIpc) is 3.48. The van der Waals surface area contributed by atoms with Crippen molar-refractivity contribution in [3.05, 3.63) is 82.6 Å². The zero-order valence-corrected chi connectivity index (χ0v) is 17.2. The number of hydrogen-bond donors (Lipinski definition) is 0. The zero-order chi connectivity index (χ0) is 21.5. The van der Waals surface area contributed by atoms with Crippen molar-refractivity contribution in [1.29, 1.82) is 0 Å². The number of cyclic esters (lactones) is 1. The minimum Gasteiger partial charge on any atom is -0.457 e. The maximum Gasteiger partial charge on any atom is 0.338 e. The van der Waals surface area contributed by atoms with Crippen molar-refractivity contribution >= 4 is 29.4 Å². The van der Waals surface area contributed by atoms with Gasteiger partial charge in [-0.15, -0.1) is 0 Å². The first-order valence-corrected chi connectivity index (χ1v) is 10.1. The van der Waals surface area contributed by atoms with E-state index in [1.54, 1.807) is 25.1 Å². The highest BCUT2D eigenvalue weighted by molar-refractivity contribution is 6.32. The summed E-state index contributed by atoms with van der Waals surface area (Å²) in [6.07, 6.45) is 2.64. The Balaban J connectivity index is 1.41. The Morgan fingerprint density at radius 3 is 2.65 bits per heavy atom. The van der Waals surface area contributed by atoms with Crippen LogP contribution in [0.5, 0.6) is 0 Å². The Bertz CT molecular complexity index is 1260. The molecule has 1 aromatic heterocycles. The van der Waals surface area contributed by atoms with Crippen molar-refractivity contribution in [3.8, 4) is 11.3 Å². The van der Waals surface area contributed by atoms with Gasteiger partial charge in [0.25, 0.3) is 5.91 Å². The summed E-state index contributed by atoms with van der Waals surface area (Å²) in [4.78, 5) is 24.8. The van der Waals surface area contributed by atoms with Crippen LogP contribution in [0.3, 0.4) is 0 Å². The molecule has 5 rings (SSSR count). The smallest absolute Gasteiger partial charge is 0.338 e. The topological polar surface area (TPSA) is 72.1 Å². The largest absolute Gasteiger partial charge is 0.457 e. The summed E-state index contributed by atoms with van der Waals surface area (Å²) in [5.74, 6) is 0.640. The molecule has 0 spiro atoms. The predicted molar refractivity (Wildman–Crippen MR) is 118 cm³/mol. The summed E-state index contributed by atoms with van der Waals surface area (Å²) in [5, 5.41) is 5.84. The average molecular weight is 412 g/mol. The molecule has 31 heavy (non-hydrogen) atoms. The lowest BCUT2D eigenvalue weighted by molar-refractivity contribution is -0.114. The van der Waals surface area contributed by atoms with Gasteiger partial charge < -0.3 is 9.15 Å². The second-order valence-corrected chi connectivity index (χ2v) is 7.53. The third-order valence-corrected chi connectivity index (χ3v) is 5.54. The number of esters is 1. The molecule has 0 unspecified atom stereocenters. The molecule has 0 radical (unpaired) electrons. The van der Waals surface area contributed by atoms with Crippen LogP contribution in [0.4, 0.5) is 5.69 Å². The summed E-state index contributed by atoms with van der Waals surface area (Å²) in [5.41, 5.74) is 5.26. The van der Waals surface area contributed by atoms with E-state index in [4.69, 9.17) is 9.15 Å². The number of hydrazone groups is 1. The SMILES string of the molecule is CCc1ccc(N2N=C(C)/C(=C\c3ccc(-c4ccc5c(c4)C(=O)OC5)o3)C2=O)cc1. The standard InChI is InChI=1S/C25H20N2O4/c1-3-16-4-8-19(9-5-16)27-24(28)21(15(2)26-27)13-20-10-11-23(31-20)17-6-7-18-14-30-25(29)22(18)12-17/h4-13H,3,14H2,1-2H3/b21-13+.